The smallest absolute Gasteiger partial charge is 0.242 e. The molecule has 2 rings (SSSR count). The number of aryl methyl sites for hydroxylation is 1. The number of carbonyl (C=O) groups excluding carboxylic acids is 1. The maximum Gasteiger partial charge on any atom is 0.242 e. The monoisotopic (exact) mass is 354 g/mol. The van der Waals surface area contributed by atoms with E-state index in [1.807, 2.05) is 0 Å². The van der Waals surface area contributed by atoms with Crippen LogP contribution in [0.15, 0.2) is 12.1 Å². The van der Waals surface area contributed by atoms with Crippen LogP contribution in [0.2, 0.25) is 5.28 Å². The first-order valence-corrected chi connectivity index (χ1v) is 7.48. The van der Waals surface area contributed by atoms with Gasteiger partial charge < -0.3 is 19.5 Å². The van der Waals surface area contributed by atoms with E-state index in [4.69, 9.17) is 25.8 Å². The number of ether oxygens (including phenoxy) is 3. The van der Waals surface area contributed by atoms with Crippen LogP contribution in [-0.4, -0.2) is 42.0 Å². The summed E-state index contributed by atoms with van der Waals surface area (Å²) in [7, 11) is 4.61. The molecule has 2 aromatic rings. The van der Waals surface area contributed by atoms with E-state index in [0.717, 1.165) is 5.56 Å². The zero-order valence-corrected chi connectivity index (χ0v) is 14.7. The van der Waals surface area contributed by atoms with Crippen LogP contribution in [-0.2, 0) is 17.9 Å². The minimum atomic E-state index is -0.214. The van der Waals surface area contributed by atoms with E-state index < -0.39 is 0 Å². The molecule has 0 bridgehead atoms. The van der Waals surface area contributed by atoms with Gasteiger partial charge in [0.05, 0.1) is 21.3 Å². The molecule has 0 aliphatic heterocycles. The van der Waals surface area contributed by atoms with Gasteiger partial charge in [0, 0.05) is 6.54 Å². The number of methoxy groups -OCH3 is 3. The van der Waals surface area contributed by atoms with Crippen molar-refractivity contribution < 1.29 is 19.0 Å². The number of nitrogens with zero attached hydrogens (tertiary/aromatic N) is 3. The predicted molar refractivity (Wildman–Crippen MR) is 87.7 cm³/mol. The Morgan fingerprint density at radius 3 is 2.29 bits per heavy atom. The fourth-order valence-electron chi connectivity index (χ4n) is 2.17. The van der Waals surface area contributed by atoms with Crippen molar-refractivity contribution in [3.05, 3.63) is 28.8 Å². The first-order valence-electron chi connectivity index (χ1n) is 7.11. The van der Waals surface area contributed by atoms with Gasteiger partial charge in [-0.2, -0.15) is 0 Å². The third kappa shape index (κ3) is 4.08. The molecule has 0 saturated carbocycles. The van der Waals surface area contributed by atoms with Gasteiger partial charge in [0.2, 0.25) is 16.9 Å². The molecule has 0 atom stereocenters. The van der Waals surface area contributed by atoms with Gasteiger partial charge in [0.1, 0.15) is 12.4 Å². The van der Waals surface area contributed by atoms with Crippen molar-refractivity contribution in [1.82, 2.24) is 20.1 Å². The number of amides is 1. The number of nitrogens with one attached hydrogen (secondary N) is 1. The SMILES string of the molecule is COc1cc(CNC(=O)Cn2nc(Cl)nc2C)cc(OC)c1OC. The molecule has 9 heteroatoms. The highest BCUT2D eigenvalue weighted by Crippen LogP contribution is 2.38. The Morgan fingerprint density at radius 1 is 1.21 bits per heavy atom. The molecule has 0 fully saturated rings. The largest absolute Gasteiger partial charge is 0.493 e. The molecule has 8 nitrogen and oxygen atoms in total. The molecule has 1 aromatic carbocycles. The van der Waals surface area contributed by atoms with Gasteiger partial charge in [-0.3, -0.25) is 4.79 Å². The Bertz CT molecular complexity index is 707. The van der Waals surface area contributed by atoms with Crippen molar-refractivity contribution in [1.29, 1.82) is 0 Å². The van der Waals surface area contributed by atoms with Crippen LogP contribution >= 0.6 is 11.6 Å². The minimum absolute atomic E-state index is 0.0377. The second-order valence-corrected chi connectivity index (χ2v) is 5.23. The van der Waals surface area contributed by atoms with Crippen LogP contribution in [0.5, 0.6) is 17.2 Å². The fraction of sp³-hybridized carbons (Fsp3) is 0.400. The van der Waals surface area contributed by atoms with Crippen molar-refractivity contribution in [3.8, 4) is 17.2 Å². The Hall–Kier alpha value is -2.48. The first-order chi connectivity index (χ1) is 11.5. The Morgan fingerprint density at radius 2 is 1.83 bits per heavy atom. The molecular weight excluding hydrogens is 336 g/mol. The summed E-state index contributed by atoms with van der Waals surface area (Å²) in [5, 5.41) is 6.85. The molecule has 0 unspecified atom stereocenters. The third-order valence-electron chi connectivity index (χ3n) is 3.34. The Kier molecular flexibility index (Phi) is 5.86. The van der Waals surface area contributed by atoms with E-state index in [2.05, 4.69) is 15.4 Å². The highest BCUT2D eigenvalue weighted by molar-refractivity contribution is 6.28. The molecular formula is C15H19ClN4O4. The van der Waals surface area contributed by atoms with E-state index in [9.17, 15) is 4.79 Å². The zero-order valence-electron chi connectivity index (χ0n) is 13.9. The number of halogens is 1. The van der Waals surface area contributed by atoms with Crippen LogP contribution in [0.1, 0.15) is 11.4 Å². The Labute approximate surface area is 144 Å². The number of benzene rings is 1. The lowest BCUT2D eigenvalue weighted by Crippen LogP contribution is -2.28. The van der Waals surface area contributed by atoms with Crippen LogP contribution in [0.4, 0.5) is 0 Å². The van der Waals surface area contributed by atoms with Crippen LogP contribution in [0.25, 0.3) is 0 Å². The van der Waals surface area contributed by atoms with E-state index in [1.165, 1.54) is 26.0 Å². The number of hydrogen-bond acceptors (Lipinski definition) is 6. The standard InChI is InChI=1S/C15H19ClN4O4/c1-9-18-15(16)19-20(9)8-13(21)17-7-10-5-11(22-2)14(24-4)12(6-10)23-3/h5-6H,7-8H2,1-4H3,(H,17,21). The number of hydrogen-bond donors (Lipinski definition) is 1. The van der Waals surface area contributed by atoms with E-state index in [0.29, 0.717) is 29.6 Å². The van der Waals surface area contributed by atoms with E-state index >= 15 is 0 Å². The highest BCUT2D eigenvalue weighted by Gasteiger charge is 2.14. The van der Waals surface area contributed by atoms with Crippen molar-refractivity contribution in [3.63, 3.8) is 0 Å². The topological polar surface area (TPSA) is 87.5 Å². The van der Waals surface area contributed by atoms with Gasteiger partial charge in [0.25, 0.3) is 0 Å². The number of rotatable bonds is 7. The maximum absolute atomic E-state index is 12.0. The molecule has 0 saturated heterocycles. The molecule has 1 amide bonds. The van der Waals surface area contributed by atoms with Gasteiger partial charge in [-0.15, -0.1) is 5.10 Å². The van der Waals surface area contributed by atoms with Crippen molar-refractivity contribution in [2.75, 3.05) is 21.3 Å². The zero-order chi connectivity index (χ0) is 17.7. The van der Waals surface area contributed by atoms with Crippen molar-refractivity contribution in [2.45, 2.75) is 20.0 Å². The summed E-state index contributed by atoms with van der Waals surface area (Å²) in [6, 6.07) is 3.55. The Balaban J connectivity index is 2.05. The maximum atomic E-state index is 12.0. The van der Waals surface area contributed by atoms with E-state index in [-0.39, 0.29) is 17.7 Å². The second-order valence-electron chi connectivity index (χ2n) is 4.90. The molecule has 0 aliphatic rings. The summed E-state index contributed by atoms with van der Waals surface area (Å²) in [6.07, 6.45) is 0. The van der Waals surface area contributed by atoms with Gasteiger partial charge >= 0.3 is 0 Å². The summed E-state index contributed by atoms with van der Waals surface area (Å²) in [5.74, 6) is 1.92. The minimum Gasteiger partial charge on any atom is -0.493 e. The average Bonchev–Trinajstić information content (AvgIpc) is 2.88. The number of aromatic nitrogens is 3. The van der Waals surface area contributed by atoms with Gasteiger partial charge in [-0.25, -0.2) is 9.67 Å². The van der Waals surface area contributed by atoms with Gasteiger partial charge in [0.15, 0.2) is 11.5 Å². The number of carbonyl (C=O) groups is 1. The van der Waals surface area contributed by atoms with Gasteiger partial charge in [-0.1, -0.05) is 0 Å². The average molecular weight is 355 g/mol. The molecule has 130 valence electrons. The van der Waals surface area contributed by atoms with Crippen molar-refractivity contribution in [2.24, 2.45) is 0 Å². The first kappa shape index (κ1) is 17.9. The lowest BCUT2D eigenvalue weighted by molar-refractivity contribution is -0.122. The van der Waals surface area contributed by atoms with E-state index in [1.54, 1.807) is 19.1 Å². The van der Waals surface area contributed by atoms with Crippen LogP contribution < -0.4 is 19.5 Å². The lowest BCUT2D eigenvalue weighted by Gasteiger charge is -2.14. The normalized spacial score (nSPS) is 10.4. The molecule has 0 aliphatic carbocycles. The second kappa shape index (κ2) is 7.87. The molecule has 24 heavy (non-hydrogen) atoms. The highest BCUT2D eigenvalue weighted by atomic mass is 35.5. The third-order valence-corrected chi connectivity index (χ3v) is 3.50. The van der Waals surface area contributed by atoms with Crippen LogP contribution in [0, 0.1) is 6.92 Å². The predicted octanol–water partition coefficient (Wildman–Crippen LogP) is 1.58. The summed E-state index contributed by atoms with van der Waals surface area (Å²) in [6.45, 7) is 2.07. The van der Waals surface area contributed by atoms with Crippen molar-refractivity contribution >= 4 is 17.5 Å². The quantitative estimate of drug-likeness (QED) is 0.812. The molecule has 0 spiro atoms. The summed E-state index contributed by atoms with van der Waals surface area (Å²) >= 11 is 5.70. The summed E-state index contributed by atoms with van der Waals surface area (Å²) in [4.78, 5) is 16.0. The molecule has 1 aromatic heterocycles. The molecule has 0 radical (unpaired) electrons. The molecule has 1 heterocycles. The lowest BCUT2D eigenvalue weighted by atomic mass is 10.1. The fourth-order valence-corrected chi connectivity index (χ4v) is 2.38. The summed E-state index contributed by atoms with van der Waals surface area (Å²) < 4.78 is 17.3. The molecule has 1 N–H and O–H groups in total. The van der Waals surface area contributed by atoms with Gasteiger partial charge in [-0.05, 0) is 36.2 Å². The summed E-state index contributed by atoms with van der Waals surface area (Å²) in [5.41, 5.74) is 0.811. The van der Waals surface area contributed by atoms with Crippen LogP contribution in [0.3, 0.4) is 0 Å².